The number of aryl methyl sites for hydroxylation is 1. The van der Waals surface area contributed by atoms with Crippen molar-refractivity contribution in [1.82, 2.24) is 5.32 Å². The zero-order valence-corrected chi connectivity index (χ0v) is 12.3. The second-order valence-electron chi connectivity index (χ2n) is 4.25. The molecule has 0 saturated carbocycles. The van der Waals surface area contributed by atoms with Gasteiger partial charge in [-0.25, -0.2) is 0 Å². The molecule has 3 nitrogen and oxygen atoms in total. The van der Waals surface area contributed by atoms with Crippen LogP contribution in [-0.4, -0.2) is 25.7 Å². The lowest BCUT2D eigenvalue weighted by Gasteiger charge is -2.08. The van der Waals surface area contributed by atoms with Crippen molar-refractivity contribution in [1.29, 1.82) is 0 Å². The molecule has 0 fully saturated rings. The van der Waals surface area contributed by atoms with Crippen LogP contribution in [0.2, 0.25) is 0 Å². The Morgan fingerprint density at radius 2 is 2.22 bits per heavy atom. The van der Waals surface area contributed by atoms with Gasteiger partial charge in [0.05, 0.1) is 18.8 Å². The molecule has 0 saturated heterocycles. The van der Waals surface area contributed by atoms with Crippen LogP contribution in [-0.2, 0) is 4.74 Å². The van der Waals surface area contributed by atoms with Crippen molar-refractivity contribution < 1.29 is 9.53 Å². The average Bonchev–Trinajstić information content (AvgIpc) is 2.31. The largest absolute Gasteiger partial charge is 0.375 e. The Balaban J connectivity index is 2.41. The minimum Gasteiger partial charge on any atom is -0.375 e. The minimum absolute atomic E-state index is 0.0931. The zero-order chi connectivity index (χ0) is 13.5. The molecule has 0 aliphatic rings. The van der Waals surface area contributed by atoms with Crippen LogP contribution in [0.4, 0.5) is 0 Å². The Morgan fingerprint density at radius 1 is 1.50 bits per heavy atom. The van der Waals surface area contributed by atoms with Crippen molar-refractivity contribution in [3.8, 4) is 0 Å². The molecular weight excluding hydrogens is 294 g/mol. The summed E-state index contributed by atoms with van der Waals surface area (Å²) < 4.78 is 6.11. The van der Waals surface area contributed by atoms with E-state index in [1.54, 1.807) is 0 Å². The van der Waals surface area contributed by atoms with E-state index in [0.29, 0.717) is 25.3 Å². The molecule has 0 unspecified atom stereocenters. The summed E-state index contributed by atoms with van der Waals surface area (Å²) in [5.74, 6) is -0.0931. The maximum atomic E-state index is 11.9. The van der Waals surface area contributed by atoms with Gasteiger partial charge in [-0.3, -0.25) is 4.79 Å². The smallest absolute Gasteiger partial charge is 0.252 e. The average molecular weight is 312 g/mol. The first-order valence-electron chi connectivity index (χ1n) is 5.77. The first-order valence-corrected chi connectivity index (χ1v) is 6.56. The third-order valence-electron chi connectivity index (χ3n) is 2.25. The first-order chi connectivity index (χ1) is 8.50. The van der Waals surface area contributed by atoms with Gasteiger partial charge in [0, 0.05) is 11.0 Å². The Hall–Kier alpha value is -1.13. The molecule has 1 N–H and O–H groups in total. The molecule has 0 bridgehead atoms. The third kappa shape index (κ3) is 5.02. The second-order valence-corrected chi connectivity index (χ2v) is 5.10. The first kappa shape index (κ1) is 14.9. The SMILES string of the molecule is C=C(C)COCCNC(=O)c1cc(C)ccc1Br. The molecule has 0 aliphatic carbocycles. The highest BCUT2D eigenvalue weighted by atomic mass is 79.9. The summed E-state index contributed by atoms with van der Waals surface area (Å²) in [4.78, 5) is 11.9. The van der Waals surface area contributed by atoms with Gasteiger partial charge in [0.2, 0.25) is 0 Å². The number of halogens is 1. The van der Waals surface area contributed by atoms with Crippen LogP contribution in [0.3, 0.4) is 0 Å². The predicted octanol–water partition coefficient (Wildman–Crippen LogP) is 3.08. The molecule has 1 rings (SSSR count). The van der Waals surface area contributed by atoms with E-state index < -0.39 is 0 Å². The van der Waals surface area contributed by atoms with Gasteiger partial charge in [-0.1, -0.05) is 23.8 Å². The summed E-state index contributed by atoms with van der Waals surface area (Å²) in [5, 5.41) is 2.82. The van der Waals surface area contributed by atoms with Crippen LogP contribution in [0.5, 0.6) is 0 Å². The molecule has 0 atom stereocenters. The van der Waals surface area contributed by atoms with Gasteiger partial charge in [-0.2, -0.15) is 0 Å². The highest BCUT2D eigenvalue weighted by Crippen LogP contribution is 2.17. The van der Waals surface area contributed by atoms with Crippen LogP contribution in [0.15, 0.2) is 34.8 Å². The third-order valence-corrected chi connectivity index (χ3v) is 2.94. The number of amides is 1. The van der Waals surface area contributed by atoms with Crippen LogP contribution in [0.25, 0.3) is 0 Å². The summed E-state index contributed by atoms with van der Waals surface area (Å²) in [6.45, 7) is 9.11. The second kappa shape index (κ2) is 7.34. The highest BCUT2D eigenvalue weighted by Gasteiger charge is 2.09. The summed E-state index contributed by atoms with van der Waals surface area (Å²) in [5.41, 5.74) is 2.68. The zero-order valence-electron chi connectivity index (χ0n) is 10.8. The lowest BCUT2D eigenvalue weighted by molar-refractivity contribution is 0.0926. The molecule has 1 aromatic rings. The standard InChI is InChI=1S/C14H18BrNO2/c1-10(2)9-18-7-6-16-14(17)12-8-11(3)4-5-13(12)15/h4-5,8H,1,6-7,9H2,2-3H3,(H,16,17). The van der Waals surface area contributed by atoms with Crippen molar-refractivity contribution >= 4 is 21.8 Å². The molecule has 1 amide bonds. The van der Waals surface area contributed by atoms with Crippen LogP contribution in [0, 0.1) is 6.92 Å². The summed E-state index contributed by atoms with van der Waals surface area (Å²) in [6, 6.07) is 5.69. The quantitative estimate of drug-likeness (QED) is 0.647. The summed E-state index contributed by atoms with van der Waals surface area (Å²) in [7, 11) is 0. The van der Waals surface area contributed by atoms with Crippen molar-refractivity contribution in [2.45, 2.75) is 13.8 Å². The fraction of sp³-hybridized carbons (Fsp3) is 0.357. The molecule has 4 heteroatoms. The maximum absolute atomic E-state index is 11.9. The summed E-state index contributed by atoms with van der Waals surface area (Å²) in [6.07, 6.45) is 0. The van der Waals surface area contributed by atoms with E-state index in [4.69, 9.17) is 4.74 Å². The van der Waals surface area contributed by atoms with Gasteiger partial charge in [-0.15, -0.1) is 0 Å². The van der Waals surface area contributed by atoms with Crippen molar-refractivity contribution in [2.75, 3.05) is 19.8 Å². The molecule has 0 heterocycles. The van der Waals surface area contributed by atoms with Gasteiger partial charge in [0.15, 0.2) is 0 Å². The van der Waals surface area contributed by atoms with Crippen LogP contribution < -0.4 is 5.32 Å². The fourth-order valence-corrected chi connectivity index (χ4v) is 1.82. The number of benzene rings is 1. The number of nitrogens with one attached hydrogen (secondary N) is 1. The van der Waals surface area contributed by atoms with Crippen molar-refractivity contribution in [3.63, 3.8) is 0 Å². The molecule has 98 valence electrons. The number of carbonyl (C=O) groups is 1. The molecular formula is C14H18BrNO2. The maximum Gasteiger partial charge on any atom is 0.252 e. The molecule has 1 aromatic carbocycles. The molecule has 0 radical (unpaired) electrons. The Kier molecular flexibility index (Phi) is 6.09. The van der Waals surface area contributed by atoms with E-state index in [2.05, 4.69) is 27.8 Å². The van der Waals surface area contributed by atoms with E-state index in [0.717, 1.165) is 15.6 Å². The topological polar surface area (TPSA) is 38.3 Å². The summed E-state index contributed by atoms with van der Waals surface area (Å²) >= 11 is 3.37. The predicted molar refractivity (Wildman–Crippen MR) is 76.8 cm³/mol. The molecule has 0 spiro atoms. The highest BCUT2D eigenvalue weighted by molar-refractivity contribution is 9.10. The lowest BCUT2D eigenvalue weighted by atomic mass is 10.1. The van der Waals surface area contributed by atoms with E-state index in [1.807, 2.05) is 32.0 Å². The van der Waals surface area contributed by atoms with Crippen molar-refractivity contribution in [2.24, 2.45) is 0 Å². The van der Waals surface area contributed by atoms with Gasteiger partial charge >= 0.3 is 0 Å². The van der Waals surface area contributed by atoms with Gasteiger partial charge in [0.1, 0.15) is 0 Å². The van der Waals surface area contributed by atoms with Crippen LogP contribution >= 0.6 is 15.9 Å². The number of ether oxygens (including phenoxy) is 1. The lowest BCUT2D eigenvalue weighted by Crippen LogP contribution is -2.27. The van der Waals surface area contributed by atoms with E-state index in [-0.39, 0.29) is 5.91 Å². The van der Waals surface area contributed by atoms with E-state index >= 15 is 0 Å². The van der Waals surface area contributed by atoms with E-state index in [9.17, 15) is 4.79 Å². The number of hydrogen-bond donors (Lipinski definition) is 1. The molecule has 18 heavy (non-hydrogen) atoms. The normalized spacial score (nSPS) is 10.2. The molecule has 0 aliphatic heterocycles. The molecule has 0 aromatic heterocycles. The van der Waals surface area contributed by atoms with Crippen LogP contribution in [0.1, 0.15) is 22.8 Å². The minimum atomic E-state index is -0.0931. The van der Waals surface area contributed by atoms with Crippen molar-refractivity contribution in [3.05, 3.63) is 46.0 Å². The monoisotopic (exact) mass is 311 g/mol. The van der Waals surface area contributed by atoms with Gasteiger partial charge in [-0.05, 0) is 41.9 Å². The fourth-order valence-electron chi connectivity index (χ4n) is 1.39. The Morgan fingerprint density at radius 3 is 2.89 bits per heavy atom. The van der Waals surface area contributed by atoms with E-state index in [1.165, 1.54) is 0 Å². The number of carbonyl (C=O) groups excluding carboxylic acids is 1. The Labute approximate surface area is 116 Å². The number of hydrogen-bond acceptors (Lipinski definition) is 2. The van der Waals surface area contributed by atoms with Gasteiger partial charge < -0.3 is 10.1 Å². The number of rotatable bonds is 6. The van der Waals surface area contributed by atoms with Gasteiger partial charge in [0.25, 0.3) is 5.91 Å². The Bertz CT molecular complexity index is 443.